The molecule has 1 aromatic carbocycles. The monoisotopic (exact) mass is 658 g/mol. The molecule has 2 aliphatic heterocycles. The Bertz CT molecular complexity index is 1980. The van der Waals surface area contributed by atoms with Crippen LogP contribution in [-0.4, -0.2) is 82.9 Å². The quantitative estimate of drug-likeness (QED) is 0.285. The number of fused-ring (bicyclic) bond motifs is 1. The third-order valence-electron chi connectivity index (χ3n) is 7.74. The van der Waals surface area contributed by atoms with Gasteiger partial charge in [0.2, 0.25) is 5.91 Å². The van der Waals surface area contributed by atoms with Gasteiger partial charge < -0.3 is 14.5 Å². The summed E-state index contributed by atoms with van der Waals surface area (Å²) in [5.74, 6) is -0.690. The molecule has 5 heterocycles. The first kappa shape index (κ1) is 30.1. The van der Waals surface area contributed by atoms with Crippen molar-refractivity contribution < 1.29 is 22.3 Å². The van der Waals surface area contributed by atoms with Crippen molar-refractivity contribution in [3.63, 3.8) is 0 Å². The molecule has 3 aromatic heterocycles. The van der Waals surface area contributed by atoms with Crippen molar-refractivity contribution in [3.05, 3.63) is 81.7 Å². The van der Waals surface area contributed by atoms with Crippen molar-refractivity contribution >= 4 is 55.8 Å². The standard InChI is InChI=1S/C29H25Cl2FN6O5S/c1-3-24(39)36-9-10-37(16(2)13-36)27-18-11-20(31)26(25-19(30)5-4-6-21(25)32)34-28(18)38(29(40)35-27)22-12-33-8-7-23(22)44(41,42)17-14-43-15-17/h3-8,11-12,16-17H,1,9-10,13-15H2,2H3/t16-/m0/s1. The van der Waals surface area contributed by atoms with E-state index in [2.05, 4.69) is 21.5 Å². The number of pyridine rings is 2. The Morgan fingerprint density at radius 3 is 2.59 bits per heavy atom. The fourth-order valence-corrected chi connectivity index (χ4v) is 7.49. The van der Waals surface area contributed by atoms with Crippen LogP contribution in [0, 0.1) is 5.82 Å². The molecule has 1 amide bonds. The van der Waals surface area contributed by atoms with E-state index >= 15 is 4.39 Å². The summed E-state index contributed by atoms with van der Waals surface area (Å²) in [5, 5.41) is -0.450. The molecule has 15 heteroatoms. The minimum atomic E-state index is -3.95. The predicted molar refractivity (Wildman–Crippen MR) is 164 cm³/mol. The van der Waals surface area contributed by atoms with Crippen LogP contribution in [0.5, 0.6) is 0 Å². The molecule has 44 heavy (non-hydrogen) atoms. The van der Waals surface area contributed by atoms with Gasteiger partial charge in [0, 0.05) is 31.9 Å². The van der Waals surface area contributed by atoms with Gasteiger partial charge in [0.25, 0.3) is 0 Å². The highest BCUT2D eigenvalue weighted by Gasteiger charge is 2.37. The third-order valence-corrected chi connectivity index (χ3v) is 10.5. The smallest absolute Gasteiger partial charge is 0.355 e. The van der Waals surface area contributed by atoms with Gasteiger partial charge in [0.15, 0.2) is 15.5 Å². The van der Waals surface area contributed by atoms with Gasteiger partial charge in [-0.15, -0.1) is 0 Å². The van der Waals surface area contributed by atoms with Crippen LogP contribution in [0.15, 0.2) is 65.1 Å². The highest BCUT2D eigenvalue weighted by Crippen LogP contribution is 2.38. The van der Waals surface area contributed by atoms with Crippen molar-refractivity contribution in [1.29, 1.82) is 0 Å². The number of sulfone groups is 1. The average molecular weight is 660 g/mol. The molecule has 0 spiro atoms. The number of halogens is 3. The maximum absolute atomic E-state index is 15.1. The molecule has 2 saturated heterocycles. The van der Waals surface area contributed by atoms with Crippen LogP contribution in [0.25, 0.3) is 28.0 Å². The Hall–Kier alpha value is -3.91. The van der Waals surface area contributed by atoms with Crippen LogP contribution >= 0.6 is 23.2 Å². The topological polar surface area (TPSA) is 128 Å². The number of piperazine rings is 1. The fourth-order valence-electron chi connectivity index (χ4n) is 5.40. The van der Waals surface area contributed by atoms with Crippen molar-refractivity contribution in [2.24, 2.45) is 0 Å². The summed E-state index contributed by atoms with van der Waals surface area (Å²) in [4.78, 5) is 42.7. The lowest BCUT2D eigenvalue weighted by molar-refractivity contribution is -0.126. The van der Waals surface area contributed by atoms with E-state index in [9.17, 15) is 18.0 Å². The molecule has 0 radical (unpaired) electrons. The van der Waals surface area contributed by atoms with E-state index in [1.807, 2.05) is 11.8 Å². The first-order valence-electron chi connectivity index (χ1n) is 13.5. The summed E-state index contributed by atoms with van der Waals surface area (Å²) in [6.07, 6.45) is 3.79. The fraction of sp³-hybridized carbons (Fsp3) is 0.276. The molecule has 6 rings (SSSR count). The van der Waals surface area contributed by atoms with Crippen molar-refractivity contribution in [1.82, 2.24) is 24.4 Å². The highest BCUT2D eigenvalue weighted by molar-refractivity contribution is 7.92. The normalized spacial score (nSPS) is 17.5. The molecular weight excluding hydrogens is 634 g/mol. The summed E-state index contributed by atoms with van der Waals surface area (Å²) in [7, 11) is -3.95. The van der Waals surface area contributed by atoms with E-state index in [0.29, 0.717) is 25.0 Å². The average Bonchev–Trinajstić information content (AvgIpc) is 2.96. The Balaban J connectivity index is 1.63. The van der Waals surface area contributed by atoms with Gasteiger partial charge in [-0.3, -0.25) is 9.78 Å². The number of ether oxygens (including phenoxy) is 1. The molecule has 2 aliphatic rings. The zero-order chi connectivity index (χ0) is 31.3. The van der Waals surface area contributed by atoms with E-state index in [0.717, 1.165) is 4.57 Å². The molecule has 1 atom stereocenters. The maximum Gasteiger partial charge on any atom is 0.355 e. The van der Waals surface area contributed by atoms with Crippen LogP contribution in [0.2, 0.25) is 10.0 Å². The van der Waals surface area contributed by atoms with E-state index in [-0.39, 0.29) is 68.5 Å². The first-order valence-corrected chi connectivity index (χ1v) is 15.8. The van der Waals surface area contributed by atoms with Gasteiger partial charge in [0.1, 0.15) is 16.9 Å². The van der Waals surface area contributed by atoms with E-state index in [4.69, 9.17) is 27.9 Å². The number of hydrogen-bond donors (Lipinski definition) is 0. The van der Waals surface area contributed by atoms with E-state index in [1.165, 1.54) is 48.8 Å². The second-order valence-electron chi connectivity index (χ2n) is 10.4. The Kier molecular flexibility index (Phi) is 7.91. The molecule has 2 fully saturated rings. The van der Waals surface area contributed by atoms with E-state index in [1.54, 1.807) is 4.90 Å². The molecular formula is C29H25Cl2FN6O5S. The zero-order valence-electron chi connectivity index (χ0n) is 23.3. The second-order valence-corrected chi connectivity index (χ2v) is 13.4. The van der Waals surface area contributed by atoms with Crippen LogP contribution < -0.4 is 10.6 Å². The lowest BCUT2D eigenvalue weighted by Crippen LogP contribution is -2.54. The van der Waals surface area contributed by atoms with E-state index < -0.39 is 26.6 Å². The van der Waals surface area contributed by atoms with Crippen molar-refractivity contribution in [3.8, 4) is 16.9 Å². The number of nitrogens with zero attached hydrogens (tertiary/aromatic N) is 6. The zero-order valence-corrected chi connectivity index (χ0v) is 25.6. The number of carbonyl (C=O) groups excluding carboxylic acids is 1. The van der Waals surface area contributed by atoms with Crippen molar-refractivity contribution in [2.75, 3.05) is 37.7 Å². The SMILES string of the molecule is C=CC(=O)N1CCN(c2nc(=O)n(-c3cnccc3S(=O)(=O)C3COC3)c3nc(-c4c(F)cccc4Cl)c(Cl)cc23)[C@@H](C)C1. The summed E-state index contributed by atoms with van der Waals surface area (Å²) >= 11 is 13.1. The lowest BCUT2D eigenvalue weighted by Gasteiger charge is -2.40. The Morgan fingerprint density at radius 2 is 1.93 bits per heavy atom. The molecule has 0 N–H and O–H groups in total. The van der Waals surface area contributed by atoms with Gasteiger partial charge in [-0.2, -0.15) is 4.98 Å². The number of amides is 1. The lowest BCUT2D eigenvalue weighted by atomic mass is 10.1. The van der Waals surface area contributed by atoms with Crippen LogP contribution in [-0.2, 0) is 19.4 Å². The Labute approximate surface area is 261 Å². The predicted octanol–water partition coefficient (Wildman–Crippen LogP) is 3.68. The van der Waals surface area contributed by atoms with Gasteiger partial charge >= 0.3 is 5.69 Å². The van der Waals surface area contributed by atoms with Crippen LogP contribution in [0.1, 0.15) is 6.92 Å². The molecule has 0 aliphatic carbocycles. The minimum Gasteiger partial charge on any atom is -0.379 e. The molecule has 0 bridgehead atoms. The summed E-state index contributed by atoms with van der Waals surface area (Å²) in [6.45, 7) is 6.43. The molecule has 228 valence electrons. The summed E-state index contributed by atoms with van der Waals surface area (Å²) < 4.78 is 48.4. The summed E-state index contributed by atoms with van der Waals surface area (Å²) in [6, 6.07) is 6.63. The van der Waals surface area contributed by atoms with Gasteiger partial charge in [-0.1, -0.05) is 35.8 Å². The molecule has 0 saturated carbocycles. The highest BCUT2D eigenvalue weighted by atomic mass is 35.5. The van der Waals surface area contributed by atoms with Gasteiger partial charge in [-0.05, 0) is 37.3 Å². The van der Waals surface area contributed by atoms with Crippen LogP contribution in [0.4, 0.5) is 10.2 Å². The molecule has 11 nitrogen and oxygen atoms in total. The van der Waals surface area contributed by atoms with Gasteiger partial charge in [0.05, 0.1) is 56.7 Å². The number of aromatic nitrogens is 4. The third kappa shape index (κ3) is 5.03. The minimum absolute atomic E-state index is 0.0128. The first-order chi connectivity index (χ1) is 21.0. The summed E-state index contributed by atoms with van der Waals surface area (Å²) in [5.41, 5.74) is -1.11. The maximum atomic E-state index is 15.1. The van der Waals surface area contributed by atoms with Crippen molar-refractivity contribution in [2.45, 2.75) is 23.1 Å². The largest absolute Gasteiger partial charge is 0.379 e. The number of anilines is 1. The van der Waals surface area contributed by atoms with Crippen LogP contribution in [0.3, 0.4) is 0 Å². The molecule has 0 unspecified atom stereocenters. The number of hydrogen-bond acceptors (Lipinski definition) is 9. The number of rotatable bonds is 6. The number of carbonyl (C=O) groups is 1. The molecule has 4 aromatic rings. The number of benzene rings is 1. The van der Waals surface area contributed by atoms with Gasteiger partial charge in [-0.25, -0.2) is 27.2 Å². The Morgan fingerprint density at radius 1 is 1.16 bits per heavy atom. The second kappa shape index (κ2) is 11.5.